The molecule has 88 valence electrons. The Hall–Kier alpha value is 0.0200. The van der Waals surface area contributed by atoms with Crippen LogP contribution in [0, 0.1) is 0 Å². The average molecular weight is 251 g/mol. The van der Waals surface area contributed by atoms with Gasteiger partial charge in [0.2, 0.25) is 0 Å². The molecular weight excluding hydrogens is 231 g/mol. The zero-order chi connectivity index (χ0) is 11.8. The summed E-state index contributed by atoms with van der Waals surface area (Å²) in [4.78, 5) is -0.506. The zero-order valence-electron chi connectivity index (χ0n) is 9.89. The molecule has 0 saturated carbocycles. The molecule has 15 heavy (non-hydrogen) atoms. The second-order valence-corrected chi connectivity index (χ2v) is 5.03. The van der Waals surface area contributed by atoms with Crippen LogP contribution >= 0.6 is 23.2 Å². The molecular formula is C12H20Cl2O. The van der Waals surface area contributed by atoms with Crippen molar-refractivity contribution in [3.05, 3.63) is 23.3 Å². The van der Waals surface area contributed by atoms with Crippen LogP contribution < -0.4 is 0 Å². The van der Waals surface area contributed by atoms with E-state index in [9.17, 15) is 0 Å². The molecule has 1 unspecified atom stereocenters. The predicted molar refractivity (Wildman–Crippen MR) is 68.7 cm³/mol. The maximum atomic E-state index is 5.76. The Morgan fingerprint density at radius 2 is 1.87 bits per heavy atom. The SMILES string of the molecule is COC(C=C(C)CCC=C(C)C)C(Cl)Cl. The molecule has 0 amide bonds. The van der Waals surface area contributed by atoms with E-state index in [4.69, 9.17) is 27.9 Å². The molecule has 1 nitrogen and oxygen atoms in total. The van der Waals surface area contributed by atoms with Gasteiger partial charge in [0.15, 0.2) is 0 Å². The Balaban J connectivity index is 4.11. The molecule has 0 fully saturated rings. The number of halogens is 2. The molecule has 0 aromatic heterocycles. The second kappa shape index (κ2) is 8.20. The lowest BCUT2D eigenvalue weighted by molar-refractivity contribution is 0.151. The third kappa shape index (κ3) is 7.89. The Kier molecular flexibility index (Phi) is 8.22. The van der Waals surface area contributed by atoms with Crippen molar-refractivity contribution < 1.29 is 4.74 Å². The first-order chi connectivity index (χ1) is 6.97. The van der Waals surface area contributed by atoms with E-state index in [1.165, 1.54) is 11.1 Å². The smallest absolute Gasteiger partial charge is 0.137 e. The number of hydrogen-bond donors (Lipinski definition) is 0. The summed E-state index contributed by atoms with van der Waals surface area (Å²) in [7, 11) is 1.61. The molecule has 0 heterocycles. The summed E-state index contributed by atoms with van der Waals surface area (Å²) in [5, 5.41) is 0. The number of ether oxygens (including phenoxy) is 1. The van der Waals surface area contributed by atoms with Gasteiger partial charge in [-0.25, -0.2) is 0 Å². The van der Waals surface area contributed by atoms with Crippen LogP contribution in [-0.4, -0.2) is 18.1 Å². The lowest BCUT2D eigenvalue weighted by atomic mass is 10.1. The summed E-state index contributed by atoms with van der Waals surface area (Å²) in [6.07, 6.45) is 6.07. The molecule has 0 N–H and O–H groups in total. The van der Waals surface area contributed by atoms with Gasteiger partial charge < -0.3 is 4.74 Å². The molecule has 0 aliphatic heterocycles. The van der Waals surface area contributed by atoms with Crippen LogP contribution in [-0.2, 0) is 4.74 Å². The fourth-order valence-corrected chi connectivity index (χ4v) is 1.55. The molecule has 0 rings (SSSR count). The molecule has 0 spiro atoms. The minimum absolute atomic E-state index is 0.208. The van der Waals surface area contributed by atoms with E-state index in [0.29, 0.717) is 0 Å². The highest BCUT2D eigenvalue weighted by Gasteiger charge is 2.12. The Labute approximate surface area is 103 Å². The first-order valence-electron chi connectivity index (χ1n) is 5.09. The van der Waals surface area contributed by atoms with Gasteiger partial charge in [-0.1, -0.05) is 23.3 Å². The van der Waals surface area contributed by atoms with Crippen LogP contribution in [0.15, 0.2) is 23.3 Å². The maximum absolute atomic E-state index is 5.76. The zero-order valence-corrected chi connectivity index (χ0v) is 11.4. The quantitative estimate of drug-likeness (QED) is 0.499. The lowest BCUT2D eigenvalue weighted by Crippen LogP contribution is -2.16. The maximum Gasteiger partial charge on any atom is 0.137 e. The average Bonchev–Trinajstić information content (AvgIpc) is 2.13. The van der Waals surface area contributed by atoms with Gasteiger partial charge in [0.05, 0.1) is 0 Å². The van der Waals surface area contributed by atoms with Gasteiger partial charge in [-0.2, -0.15) is 0 Å². The highest BCUT2D eigenvalue weighted by atomic mass is 35.5. The van der Waals surface area contributed by atoms with Crippen LogP contribution in [0.5, 0.6) is 0 Å². The predicted octanol–water partition coefficient (Wildman–Crippen LogP) is 4.50. The monoisotopic (exact) mass is 250 g/mol. The second-order valence-electron chi connectivity index (χ2n) is 3.87. The number of allylic oxidation sites excluding steroid dienone is 3. The van der Waals surface area contributed by atoms with E-state index in [-0.39, 0.29) is 6.10 Å². The largest absolute Gasteiger partial charge is 0.375 e. The van der Waals surface area contributed by atoms with Crippen LogP contribution in [0.2, 0.25) is 0 Å². The van der Waals surface area contributed by atoms with E-state index in [2.05, 4.69) is 26.8 Å². The topological polar surface area (TPSA) is 9.23 Å². The first-order valence-corrected chi connectivity index (χ1v) is 5.96. The molecule has 0 aliphatic rings. The van der Waals surface area contributed by atoms with Gasteiger partial charge in [0.1, 0.15) is 10.9 Å². The summed E-state index contributed by atoms with van der Waals surface area (Å²) in [5.41, 5.74) is 2.60. The van der Waals surface area contributed by atoms with Gasteiger partial charge in [-0.3, -0.25) is 0 Å². The Bertz CT molecular complexity index is 228. The van der Waals surface area contributed by atoms with Crippen molar-refractivity contribution in [1.82, 2.24) is 0 Å². The van der Waals surface area contributed by atoms with Gasteiger partial charge in [0.25, 0.3) is 0 Å². The highest BCUT2D eigenvalue weighted by Crippen LogP contribution is 2.16. The highest BCUT2D eigenvalue weighted by molar-refractivity contribution is 6.44. The molecule has 1 atom stereocenters. The standard InChI is InChI=1S/C12H20Cl2O/c1-9(2)6-5-7-10(3)8-11(15-4)12(13)14/h6,8,11-12H,5,7H2,1-4H3. The van der Waals surface area contributed by atoms with E-state index < -0.39 is 4.84 Å². The van der Waals surface area contributed by atoms with Crippen molar-refractivity contribution in [2.45, 2.75) is 44.6 Å². The lowest BCUT2D eigenvalue weighted by Gasteiger charge is -2.12. The minimum Gasteiger partial charge on any atom is -0.375 e. The summed E-state index contributed by atoms with van der Waals surface area (Å²) in [5.74, 6) is 0. The van der Waals surface area contributed by atoms with Crippen molar-refractivity contribution in [3.63, 3.8) is 0 Å². The minimum atomic E-state index is -0.506. The third-order valence-electron chi connectivity index (χ3n) is 2.06. The molecule has 0 bridgehead atoms. The molecule has 0 aliphatic carbocycles. The fraction of sp³-hybridized carbons (Fsp3) is 0.667. The number of methoxy groups -OCH3 is 1. The summed E-state index contributed by atoms with van der Waals surface area (Å²) in [6, 6.07) is 0. The number of hydrogen-bond acceptors (Lipinski definition) is 1. The van der Waals surface area contributed by atoms with E-state index >= 15 is 0 Å². The Morgan fingerprint density at radius 3 is 2.27 bits per heavy atom. The first kappa shape index (κ1) is 15.0. The van der Waals surface area contributed by atoms with Crippen molar-refractivity contribution in [1.29, 1.82) is 0 Å². The molecule has 0 aromatic carbocycles. The van der Waals surface area contributed by atoms with E-state index in [1.807, 2.05) is 6.08 Å². The van der Waals surface area contributed by atoms with Crippen LogP contribution in [0.3, 0.4) is 0 Å². The summed E-state index contributed by atoms with van der Waals surface area (Å²) < 4.78 is 5.15. The fourth-order valence-electron chi connectivity index (χ4n) is 1.20. The summed E-state index contributed by atoms with van der Waals surface area (Å²) >= 11 is 11.5. The number of alkyl halides is 2. The van der Waals surface area contributed by atoms with Crippen molar-refractivity contribution in [2.75, 3.05) is 7.11 Å². The van der Waals surface area contributed by atoms with Gasteiger partial charge in [0, 0.05) is 7.11 Å². The molecule has 0 aromatic rings. The normalized spacial score (nSPS) is 14.2. The van der Waals surface area contributed by atoms with Gasteiger partial charge >= 0.3 is 0 Å². The van der Waals surface area contributed by atoms with Crippen LogP contribution in [0.4, 0.5) is 0 Å². The van der Waals surface area contributed by atoms with Gasteiger partial charge in [-0.15, -0.1) is 23.2 Å². The number of rotatable bonds is 6. The van der Waals surface area contributed by atoms with Crippen LogP contribution in [0.1, 0.15) is 33.6 Å². The van der Waals surface area contributed by atoms with E-state index in [1.54, 1.807) is 7.11 Å². The van der Waals surface area contributed by atoms with Crippen LogP contribution in [0.25, 0.3) is 0 Å². The Morgan fingerprint density at radius 1 is 1.27 bits per heavy atom. The van der Waals surface area contributed by atoms with Crippen molar-refractivity contribution in [3.8, 4) is 0 Å². The van der Waals surface area contributed by atoms with Gasteiger partial charge in [-0.05, 0) is 33.6 Å². The third-order valence-corrected chi connectivity index (χ3v) is 2.56. The molecule has 3 heteroatoms. The van der Waals surface area contributed by atoms with Crippen molar-refractivity contribution >= 4 is 23.2 Å². The van der Waals surface area contributed by atoms with Crippen molar-refractivity contribution in [2.24, 2.45) is 0 Å². The summed E-state index contributed by atoms with van der Waals surface area (Å²) in [6.45, 7) is 6.27. The van der Waals surface area contributed by atoms with E-state index in [0.717, 1.165) is 12.8 Å². The molecule has 0 radical (unpaired) electrons. The molecule has 0 saturated heterocycles.